The molecular formula is C14H16FN3O2S. The van der Waals surface area contributed by atoms with E-state index >= 15 is 0 Å². The van der Waals surface area contributed by atoms with E-state index in [0.717, 1.165) is 10.1 Å². The molecule has 21 heavy (non-hydrogen) atoms. The number of nitrogens with two attached hydrogens (primary N) is 1. The van der Waals surface area contributed by atoms with E-state index in [0.29, 0.717) is 11.3 Å². The van der Waals surface area contributed by atoms with Crippen LogP contribution in [0.5, 0.6) is 0 Å². The number of benzene rings is 1. The Morgan fingerprint density at radius 1 is 1.52 bits per heavy atom. The molecule has 0 aliphatic heterocycles. The minimum atomic E-state index is -0.324. The average molecular weight is 309 g/mol. The third-order valence-corrected chi connectivity index (χ3v) is 4.21. The number of hydrogen-bond acceptors (Lipinski definition) is 4. The van der Waals surface area contributed by atoms with Crippen LogP contribution in [0.2, 0.25) is 0 Å². The molecule has 112 valence electrons. The molecule has 1 atom stereocenters. The first-order valence-corrected chi connectivity index (χ1v) is 7.31. The number of amidine groups is 1. The van der Waals surface area contributed by atoms with Crippen LogP contribution in [0, 0.1) is 5.82 Å². The summed E-state index contributed by atoms with van der Waals surface area (Å²) in [6, 6.07) is 5.93. The van der Waals surface area contributed by atoms with E-state index in [2.05, 4.69) is 10.5 Å². The zero-order chi connectivity index (χ0) is 15.4. The number of thiophene rings is 1. The van der Waals surface area contributed by atoms with Gasteiger partial charge in [-0.05, 0) is 30.0 Å². The molecular weight excluding hydrogens is 293 g/mol. The first kappa shape index (κ1) is 15.2. The van der Waals surface area contributed by atoms with E-state index < -0.39 is 0 Å². The fraction of sp³-hybridized carbons (Fsp3) is 0.286. The minimum absolute atomic E-state index is 0.0700. The highest BCUT2D eigenvalue weighted by Crippen LogP contribution is 2.26. The summed E-state index contributed by atoms with van der Waals surface area (Å²) in [5.74, 6) is -0.496. The average Bonchev–Trinajstić information content (AvgIpc) is 2.89. The summed E-state index contributed by atoms with van der Waals surface area (Å²) in [7, 11) is 0. The maximum atomic E-state index is 13.1. The summed E-state index contributed by atoms with van der Waals surface area (Å²) in [6.07, 6.45) is 0.930. The van der Waals surface area contributed by atoms with Gasteiger partial charge in [-0.25, -0.2) is 4.39 Å². The molecule has 0 bridgehead atoms. The summed E-state index contributed by atoms with van der Waals surface area (Å²) in [5.41, 5.74) is 5.45. The van der Waals surface area contributed by atoms with Crippen molar-refractivity contribution in [3.05, 3.63) is 35.0 Å². The van der Waals surface area contributed by atoms with E-state index in [4.69, 9.17) is 10.9 Å². The number of amides is 1. The molecule has 2 rings (SSSR count). The normalized spacial score (nSPS) is 13.3. The topological polar surface area (TPSA) is 87.7 Å². The monoisotopic (exact) mass is 309 g/mol. The van der Waals surface area contributed by atoms with Gasteiger partial charge < -0.3 is 16.3 Å². The Labute approximate surface area is 125 Å². The Bertz CT molecular complexity index is 684. The number of hydrogen-bond donors (Lipinski definition) is 3. The van der Waals surface area contributed by atoms with Gasteiger partial charge in [0.1, 0.15) is 11.7 Å². The molecule has 0 fully saturated rings. The molecule has 7 heteroatoms. The van der Waals surface area contributed by atoms with Crippen LogP contribution >= 0.6 is 11.3 Å². The summed E-state index contributed by atoms with van der Waals surface area (Å²) >= 11 is 1.23. The molecule has 0 spiro atoms. The molecule has 0 saturated carbocycles. The van der Waals surface area contributed by atoms with E-state index in [1.54, 1.807) is 12.1 Å². The van der Waals surface area contributed by atoms with Crippen molar-refractivity contribution in [1.29, 1.82) is 0 Å². The van der Waals surface area contributed by atoms with Gasteiger partial charge in [-0.1, -0.05) is 18.1 Å². The molecule has 4 N–H and O–H groups in total. The second-order valence-corrected chi connectivity index (χ2v) is 5.75. The zero-order valence-electron chi connectivity index (χ0n) is 11.5. The quantitative estimate of drug-likeness (QED) is 0.343. The van der Waals surface area contributed by atoms with Crippen LogP contribution in [0.25, 0.3) is 10.1 Å². The highest BCUT2D eigenvalue weighted by Gasteiger charge is 2.16. The van der Waals surface area contributed by atoms with Crippen LogP contribution in [0.3, 0.4) is 0 Å². The van der Waals surface area contributed by atoms with Crippen molar-refractivity contribution < 1.29 is 14.4 Å². The van der Waals surface area contributed by atoms with Gasteiger partial charge >= 0.3 is 0 Å². The Morgan fingerprint density at radius 2 is 2.29 bits per heavy atom. The van der Waals surface area contributed by atoms with Gasteiger partial charge in [-0.15, -0.1) is 11.3 Å². The highest BCUT2D eigenvalue weighted by molar-refractivity contribution is 7.20. The molecule has 1 aromatic heterocycles. The minimum Gasteiger partial charge on any atom is -0.409 e. The van der Waals surface area contributed by atoms with Crippen LogP contribution < -0.4 is 11.1 Å². The van der Waals surface area contributed by atoms with Gasteiger partial charge in [0.2, 0.25) is 0 Å². The SMILES string of the molecule is CCC(C/C(N)=N/O)NC(=O)c1cc2ccc(F)cc2s1. The number of nitrogens with one attached hydrogen (secondary N) is 1. The molecule has 2 aromatic rings. The number of halogens is 1. The van der Waals surface area contributed by atoms with Crippen molar-refractivity contribution in [2.75, 3.05) is 0 Å². The van der Waals surface area contributed by atoms with Crippen LogP contribution in [-0.4, -0.2) is 23.0 Å². The van der Waals surface area contributed by atoms with Crippen LogP contribution in [-0.2, 0) is 0 Å². The van der Waals surface area contributed by atoms with E-state index in [9.17, 15) is 9.18 Å². The first-order valence-electron chi connectivity index (χ1n) is 6.49. The number of fused-ring (bicyclic) bond motifs is 1. The molecule has 5 nitrogen and oxygen atoms in total. The lowest BCUT2D eigenvalue weighted by atomic mass is 10.1. The summed E-state index contributed by atoms with van der Waals surface area (Å²) < 4.78 is 13.9. The number of oxime groups is 1. The third kappa shape index (κ3) is 3.69. The van der Waals surface area contributed by atoms with Crippen LogP contribution in [0.1, 0.15) is 29.4 Å². The third-order valence-electron chi connectivity index (χ3n) is 3.12. The predicted octanol–water partition coefficient (Wildman–Crippen LogP) is 2.69. The Morgan fingerprint density at radius 3 is 2.95 bits per heavy atom. The number of nitrogens with zero attached hydrogens (tertiary/aromatic N) is 1. The van der Waals surface area contributed by atoms with E-state index in [1.165, 1.54) is 23.5 Å². The lowest BCUT2D eigenvalue weighted by Gasteiger charge is -2.15. The van der Waals surface area contributed by atoms with Crippen molar-refractivity contribution in [2.24, 2.45) is 10.9 Å². The predicted molar refractivity (Wildman–Crippen MR) is 81.4 cm³/mol. The lowest BCUT2D eigenvalue weighted by molar-refractivity contribution is 0.0941. The zero-order valence-corrected chi connectivity index (χ0v) is 12.3. The molecule has 1 unspecified atom stereocenters. The fourth-order valence-corrected chi connectivity index (χ4v) is 2.95. The highest BCUT2D eigenvalue weighted by atomic mass is 32.1. The van der Waals surface area contributed by atoms with E-state index in [1.807, 2.05) is 6.92 Å². The van der Waals surface area contributed by atoms with Gasteiger partial charge in [0.15, 0.2) is 0 Å². The smallest absolute Gasteiger partial charge is 0.261 e. The number of rotatable bonds is 5. The Kier molecular flexibility index (Phi) is 4.74. The van der Waals surface area contributed by atoms with Crippen molar-refractivity contribution in [1.82, 2.24) is 5.32 Å². The van der Waals surface area contributed by atoms with Gasteiger partial charge in [0.05, 0.1) is 4.88 Å². The second kappa shape index (κ2) is 6.53. The van der Waals surface area contributed by atoms with Crippen molar-refractivity contribution in [3.63, 3.8) is 0 Å². The number of carbonyl (C=O) groups is 1. The van der Waals surface area contributed by atoms with Gasteiger partial charge in [-0.2, -0.15) is 0 Å². The van der Waals surface area contributed by atoms with E-state index in [-0.39, 0.29) is 30.0 Å². The molecule has 1 aromatic carbocycles. The van der Waals surface area contributed by atoms with Crippen molar-refractivity contribution in [2.45, 2.75) is 25.8 Å². The van der Waals surface area contributed by atoms with Gasteiger partial charge in [-0.3, -0.25) is 4.79 Å². The van der Waals surface area contributed by atoms with Crippen molar-refractivity contribution >= 4 is 33.2 Å². The first-order chi connectivity index (χ1) is 10.0. The molecule has 1 amide bonds. The lowest BCUT2D eigenvalue weighted by Crippen LogP contribution is -2.37. The maximum Gasteiger partial charge on any atom is 0.261 e. The molecule has 0 saturated heterocycles. The molecule has 0 aliphatic rings. The largest absolute Gasteiger partial charge is 0.409 e. The Hall–Kier alpha value is -2.15. The van der Waals surface area contributed by atoms with Crippen molar-refractivity contribution in [3.8, 4) is 0 Å². The maximum absolute atomic E-state index is 13.1. The summed E-state index contributed by atoms with van der Waals surface area (Å²) in [5, 5.41) is 15.1. The van der Waals surface area contributed by atoms with Gasteiger partial charge in [0.25, 0.3) is 5.91 Å². The van der Waals surface area contributed by atoms with Crippen LogP contribution in [0.4, 0.5) is 4.39 Å². The molecule has 0 aliphatic carbocycles. The second-order valence-electron chi connectivity index (χ2n) is 4.67. The van der Waals surface area contributed by atoms with Crippen LogP contribution in [0.15, 0.2) is 29.4 Å². The molecule has 0 radical (unpaired) electrons. The summed E-state index contributed by atoms with van der Waals surface area (Å²) in [6.45, 7) is 1.90. The van der Waals surface area contributed by atoms with Gasteiger partial charge in [0, 0.05) is 17.2 Å². The summed E-state index contributed by atoms with van der Waals surface area (Å²) in [4.78, 5) is 12.7. The Balaban J connectivity index is 2.13. The number of carbonyl (C=O) groups excluding carboxylic acids is 1. The molecule has 1 heterocycles. The standard InChI is InChI=1S/C14H16FN3O2S/c1-2-10(7-13(16)18-20)17-14(19)12-5-8-3-4-9(15)6-11(8)21-12/h3-6,10,20H,2,7H2,1H3,(H2,16,18)(H,17,19). The fourth-order valence-electron chi connectivity index (χ4n) is 1.96.